The minimum atomic E-state index is -0.269. The lowest BCUT2D eigenvalue weighted by Gasteiger charge is -2.17. The van der Waals surface area contributed by atoms with Crippen LogP contribution in [0.15, 0.2) is 34.7 Å². The number of aryl methyl sites for hydroxylation is 1. The van der Waals surface area contributed by atoms with E-state index in [0.29, 0.717) is 17.9 Å². The third-order valence-electron chi connectivity index (χ3n) is 3.04. The highest BCUT2D eigenvalue weighted by molar-refractivity contribution is 5.36. The molecule has 2 rings (SSSR count). The molecule has 19 heavy (non-hydrogen) atoms. The fourth-order valence-electron chi connectivity index (χ4n) is 2.05. The molecule has 0 spiro atoms. The monoisotopic (exact) mass is 263 g/mol. The summed E-state index contributed by atoms with van der Waals surface area (Å²) in [6.45, 7) is 4.34. The first-order valence-electron chi connectivity index (χ1n) is 6.23. The van der Waals surface area contributed by atoms with Crippen LogP contribution in [0, 0.1) is 12.7 Å². The van der Waals surface area contributed by atoms with Gasteiger partial charge < -0.3 is 14.5 Å². The van der Waals surface area contributed by atoms with Crippen molar-refractivity contribution in [3.63, 3.8) is 0 Å². The molecule has 0 radical (unpaired) electrons. The lowest BCUT2D eigenvalue weighted by Crippen LogP contribution is -2.19. The van der Waals surface area contributed by atoms with Crippen LogP contribution in [0.4, 0.5) is 4.39 Å². The lowest BCUT2D eigenvalue weighted by molar-refractivity contribution is 0.388. The van der Waals surface area contributed by atoms with Gasteiger partial charge in [0.05, 0.1) is 13.7 Å². The van der Waals surface area contributed by atoms with E-state index in [2.05, 4.69) is 5.32 Å². The second-order valence-electron chi connectivity index (χ2n) is 4.47. The van der Waals surface area contributed by atoms with E-state index in [1.165, 1.54) is 6.07 Å². The summed E-state index contributed by atoms with van der Waals surface area (Å²) in [7, 11) is 1.54. The van der Waals surface area contributed by atoms with Crippen molar-refractivity contribution in [2.75, 3.05) is 7.11 Å². The molecule has 102 valence electrons. The van der Waals surface area contributed by atoms with E-state index < -0.39 is 0 Å². The maximum Gasteiger partial charge on any atom is 0.131 e. The Morgan fingerprint density at radius 1 is 1.32 bits per heavy atom. The number of ether oxygens (including phenoxy) is 1. The van der Waals surface area contributed by atoms with Gasteiger partial charge in [0.1, 0.15) is 23.1 Å². The number of nitrogens with one attached hydrogen (secondary N) is 1. The van der Waals surface area contributed by atoms with Gasteiger partial charge in [0.25, 0.3) is 0 Å². The van der Waals surface area contributed by atoms with Gasteiger partial charge in [-0.25, -0.2) is 4.39 Å². The van der Waals surface area contributed by atoms with Crippen LogP contribution in [0.1, 0.15) is 30.0 Å². The molecular formula is C15H18FNO2. The van der Waals surface area contributed by atoms with E-state index >= 15 is 0 Å². The number of benzene rings is 1. The second-order valence-corrected chi connectivity index (χ2v) is 4.47. The molecule has 1 N–H and O–H groups in total. The Hall–Kier alpha value is -1.81. The first-order chi connectivity index (χ1) is 9.11. The summed E-state index contributed by atoms with van der Waals surface area (Å²) in [5.41, 5.74) is 0.535. The maximum absolute atomic E-state index is 13.9. The molecule has 4 heteroatoms. The van der Waals surface area contributed by atoms with E-state index in [0.717, 1.165) is 11.5 Å². The molecule has 1 heterocycles. The Bertz CT molecular complexity index is 551. The molecule has 0 saturated heterocycles. The van der Waals surface area contributed by atoms with Crippen LogP contribution in [-0.4, -0.2) is 7.11 Å². The molecule has 0 aliphatic heterocycles. The Morgan fingerprint density at radius 3 is 2.74 bits per heavy atom. The van der Waals surface area contributed by atoms with E-state index in [9.17, 15) is 4.39 Å². The van der Waals surface area contributed by atoms with Gasteiger partial charge in [-0.3, -0.25) is 0 Å². The molecule has 0 aliphatic carbocycles. The quantitative estimate of drug-likeness (QED) is 0.895. The molecular weight excluding hydrogens is 245 g/mol. The Labute approximate surface area is 112 Å². The molecule has 1 unspecified atom stereocenters. The van der Waals surface area contributed by atoms with Crippen molar-refractivity contribution in [2.24, 2.45) is 0 Å². The summed E-state index contributed by atoms with van der Waals surface area (Å²) >= 11 is 0. The molecule has 1 aromatic carbocycles. The van der Waals surface area contributed by atoms with E-state index in [4.69, 9.17) is 9.15 Å². The third kappa shape index (κ3) is 3.15. The van der Waals surface area contributed by atoms with E-state index in [1.807, 2.05) is 26.0 Å². The Balaban J connectivity index is 2.09. The lowest BCUT2D eigenvalue weighted by atomic mass is 10.1. The second kappa shape index (κ2) is 5.89. The van der Waals surface area contributed by atoms with Crippen LogP contribution in [0.25, 0.3) is 0 Å². The molecule has 2 aromatic rings. The fraction of sp³-hybridized carbons (Fsp3) is 0.333. The van der Waals surface area contributed by atoms with Gasteiger partial charge in [-0.1, -0.05) is 6.07 Å². The molecule has 0 bridgehead atoms. The Kier molecular flexibility index (Phi) is 4.22. The minimum Gasteiger partial charge on any atom is -0.496 e. The topological polar surface area (TPSA) is 34.4 Å². The first-order valence-corrected chi connectivity index (χ1v) is 6.23. The molecule has 1 aromatic heterocycles. The summed E-state index contributed by atoms with van der Waals surface area (Å²) < 4.78 is 24.5. The van der Waals surface area contributed by atoms with Crippen molar-refractivity contribution >= 4 is 0 Å². The summed E-state index contributed by atoms with van der Waals surface area (Å²) in [6.07, 6.45) is 0. The first kappa shape index (κ1) is 13.6. The average molecular weight is 263 g/mol. The smallest absolute Gasteiger partial charge is 0.131 e. The zero-order valence-electron chi connectivity index (χ0n) is 11.4. The van der Waals surface area contributed by atoms with Gasteiger partial charge in [-0.05, 0) is 38.1 Å². The van der Waals surface area contributed by atoms with Gasteiger partial charge in [0, 0.05) is 11.6 Å². The standard InChI is InChI=1S/C15H18FNO2/c1-10-7-8-12(19-10)9-17-11(2)15-13(16)5-4-6-14(15)18-3/h4-8,11,17H,9H2,1-3H3. The molecule has 3 nitrogen and oxygen atoms in total. The Morgan fingerprint density at radius 2 is 2.11 bits per heavy atom. The predicted octanol–water partition coefficient (Wildman–Crippen LogP) is 3.59. The minimum absolute atomic E-state index is 0.165. The number of furan rings is 1. The number of hydrogen-bond donors (Lipinski definition) is 1. The van der Waals surface area contributed by atoms with Crippen molar-refractivity contribution in [2.45, 2.75) is 26.4 Å². The molecule has 1 atom stereocenters. The van der Waals surface area contributed by atoms with Gasteiger partial charge in [-0.15, -0.1) is 0 Å². The van der Waals surface area contributed by atoms with Gasteiger partial charge >= 0.3 is 0 Å². The normalized spacial score (nSPS) is 12.4. The van der Waals surface area contributed by atoms with Crippen molar-refractivity contribution in [1.29, 1.82) is 0 Å². The van der Waals surface area contributed by atoms with Crippen LogP contribution >= 0.6 is 0 Å². The number of hydrogen-bond acceptors (Lipinski definition) is 3. The third-order valence-corrected chi connectivity index (χ3v) is 3.04. The van der Waals surface area contributed by atoms with Crippen molar-refractivity contribution in [1.82, 2.24) is 5.32 Å². The highest BCUT2D eigenvalue weighted by Crippen LogP contribution is 2.27. The zero-order valence-corrected chi connectivity index (χ0v) is 11.4. The van der Waals surface area contributed by atoms with Gasteiger partial charge in [-0.2, -0.15) is 0 Å². The van der Waals surface area contributed by atoms with E-state index in [1.54, 1.807) is 19.2 Å². The van der Waals surface area contributed by atoms with Crippen molar-refractivity contribution in [3.05, 3.63) is 53.2 Å². The SMILES string of the molecule is COc1cccc(F)c1C(C)NCc1ccc(C)o1. The van der Waals surface area contributed by atoms with Crippen LogP contribution in [0.2, 0.25) is 0 Å². The molecule has 0 fully saturated rings. The molecule has 0 saturated carbocycles. The van der Waals surface area contributed by atoms with Crippen LogP contribution in [0.3, 0.4) is 0 Å². The zero-order chi connectivity index (χ0) is 13.8. The van der Waals surface area contributed by atoms with Crippen molar-refractivity contribution < 1.29 is 13.5 Å². The number of halogens is 1. The predicted molar refractivity (Wildman–Crippen MR) is 71.7 cm³/mol. The highest BCUT2D eigenvalue weighted by atomic mass is 19.1. The average Bonchev–Trinajstić information content (AvgIpc) is 2.81. The maximum atomic E-state index is 13.9. The van der Waals surface area contributed by atoms with E-state index in [-0.39, 0.29) is 11.9 Å². The highest BCUT2D eigenvalue weighted by Gasteiger charge is 2.16. The van der Waals surface area contributed by atoms with Gasteiger partial charge in [0.15, 0.2) is 0 Å². The molecule has 0 aliphatic rings. The summed E-state index contributed by atoms with van der Waals surface area (Å²) in [5.74, 6) is 1.98. The van der Waals surface area contributed by atoms with Crippen LogP contribution in [-0.2, 0) is 6.54 Å². The summed E-state index contributed by atoms with van der Waals surface area (Å²) in [4.78, 5) is 0. The van der Waals surface area contributed by atoms with Crippen LogP contribution < -0.4 is 10.1 Å². The molecule has 0 amide bonds. The largest absolute Gasteiger partial charge is 0.496 e. The fourth-order valence-corrected chi connectivity index (χ4v) is 2.05. The van der Waals surface area contributed by atoms with Gasteiger partial charge in [0.2, 0.25) is 0 Å². The van der Waals surface area contributed by atoms with Crippen LogP contribution in [0.5, 0.6) is 5.75 Å². The number of rotatable bonds is 5. The van der Waals surface area contributed by atoms with Crippen molar-refractivity contribution in [3.8, 4) is 5.75 Å². The summed E-state index contributed by atoms with van der Waals surface area (Å²) in [5, 5.41) is 3.23. The summed E-state index contributed by atoms with van der Waals surface area (Å²) in [6, 6.07) is 8.49. The number of methoxy groups -OCH3 is 1.